The zero-order valence-electron chi connectivity index (χ0n) is 17.7. The summed E-state index contributed by atoms with van der Waals surface area (Å²) in [5.41, 5.74) is 2.28. The van der Waals surface area contributed by atoms with Crippen LogP contribution in [0.4, 0.5) is 0 Å². The molecule has 0 bridgehead atoms. The minimum atomic E-state index is -3.66. The molecule has 0 spiro atoms. The smallest absolute Gasteiger partial charge is 0.243 e. The largest absolute Gasteiger partial charge is 0.340 e. The summed E-state index contributed by atoms with van der Waals surface area (Å²) in [4.78, 5) is 26.0. The van der Waals surface area contributed by atoms with Crippen LogP contribution in [-0.2, 0) is 21.2 Å². The van der Waals surface area contributed by atoms with Crippen molar-refractivity contribution >= 4 is 21.7 Å². The summed E-state index contributed by atoms with van der Waals surface area (Å²) in [6.45, 7) is 2.60. The summed E-state index contributed by atoms with van der Waals surface area (Å²) in [6, 6.07) is 15.4. The number of hydrogen-bond acceptors (Lipinski definition) is 5. The van der Waals surface area contributed by atoms with E-state index >= 15 is 0 Å². The van der Waals surface area contributed by atoms with E-state index in [1.165, 1.54) is 35.5 Å². The van der Waals surface area contributed by atoms with Crippen molar-refractivity contribution in [1.82, 2.24) is 19.0 Å². The standard InChI is InChI=1S/C23H24N4O4S/c1-18(28)20-5-9-22(10-6-20)32(30,31)26-15-13-25(14-16-26)23(29)17-19-3-7-21(8-4-19)27-12-2-11-24-27/h2-12H,13-17H2,1H3. The summed E-state index contributed by atoms with van der Waals surface area (Å²) in [5, 5.41) is 4.18. The lowest BCUT2D eigenvalue weighted by Gasteiger charge is -2.34. The molecule has 32 heavy (non-hydrogen) atoms. The van der Waals surface area contributed by atoms with Gasteiger partial charge in [-0.25, -0.2) is 13.1 Å². The fourth-order valence-electron chi connectivity index (χ4n) is 3.66. The summed E-state index contributed by atoms with van der Waals surface area (Å²) in [7, 11) is -3.66. The highest BCUT2D eigenvalue weighted by Crippen LogP contribution is 2.19. The van der Waals surface area contributed by atoms with Crippen molar-refractivity contribution in [2.24, 2.45) is 0 Å². The number of Topliss-reactive ketones (excluding diaryl/α,β-unsaturated/α-hetero) is 1. The Morgan fingerprint density at radius 2 is 1.59 bits per heavy atom. The molecule has 1 amide bonds. The van der Waals surface area contributed by atoms with E-state index in [0.717, 1.165) is 11.3 Å². The highest BCUT2D eigenvalue weighted by molar-refractivity contribution is 7.89. The number of amides is 1. The second-order valence-corrected chi connectivity index (χ2v) is 9.60. The van der Waals surface area contributed by atoms with Crippen LogP contribution in [-0.4, -0.2) is 65.3 Å². The summed E-state index contributed by atoms with van der Waals surface area (Å²) >= 11 is 0. The summed E-state index contributed by atoms with van der Waals surface area (Å²) in [5.74, 6) is -0.142. The van der Waals surface area contributed by atoms with Gasteiger partial charge in [0.25, 0.3) is 0 Å². The molecule has 166 valence electrons. The number of hydrogen-bond donors (Lipinski definition) is 0. The summed E-state index contributed by atoms with van der Waals surface area (Å²) in [6.07, 6.45) is 3.82. The van der Waals surface area contributed by atoms with Crippen molar-refractivity contribution < 1.29 is 18.0 Å². The number of carbonyl (C=O) groups excluding carboxylic acids is 2. The van der Waals surface area contributed by atoms with Crippen LogP contribution in [0.3, 0.4) is 0 Å². The molecule has 3 aromatic rings. The molecule has 1 aliphatic heterocycles. The SMILES string of the molecule is CC(=O)c1ccc(S(=O)(=O)N2CCN(C(=O)Cc3ccc(-n4cccn4)cc3)CC2)cc1. The number of carbonyl (C=O) groups is 2. The number of sulfonamides is 1. The van der Waals surface area contributed by atoms with Gasteiger partial charge in [0.15, 0.2) is 5.78 Å². The average Bonchev–Trinajstić information content (AvgIpc) is 3.35. The van der Waals surface area contributed by atoms with Crippen LogP contribution >= 0.6 is 0 Å². The van der Waals surface area contributed by atoms with Gasteiger partial charge in [-0.1, -0.05) is 24.3 Å². The number of nitrogens with zero attached hydrogens (tertiary/aromatic N) is 4. The van der Waals surface area contributed by atoms with Crippen LogP contribution in [0, 0.1) is 0 Å². The minimum Gasteiger partial charge on any atom is -0.340 e. The normalized spacial score (nSPS) is 15.0. The molecule has 9 heteroatoms. The minimum absolute atomic E-state index is 0.0281. The first-order chi connectivity index (χ1) is 15.3. The lowest BCUT2D eigenvalue weighted by Crippen LogP contribution is -2.50. The van der Waals surface area contributed by atoms with E-state index in [4.69, 9.17) is 0 Å². The number of rotatable bonds is 6. The Balaban J connectivity index is 1.34. The first-order valence-electron chi connectivity index (χ1n) is 10.3. The van der Waals surface area contributed by atoms with Crippen molar-refractivity contribution in [3.8, 4) is 5.69 Å². The van der Waals surface area contributed by atoms with E-state index in [1.807, 2.05) is 36.5 Å². The molecule has 0 N–H and O–H groups in total. The maximum Gasteiger partial charge on any atom is 0.243 e. The van der Waals surface area contributed by atoms with Crippen molar-refractivity contribution in [1.29, 1.82) is 0 Å². The van der Waals surface area contributed by atoms with Crippen molar-refractivity contribution in [2.45, 2.75) is 18.2 Å². The molecule has 8 nitrogen and oxygen atoms in total. The third-order valence-electron chi connectivity index (χ3n) is 5.55. The maximum absolute atomic E-state index is 12.9. The average molecular weight is 453 g/mol. The van der Waals surface area contributed by atoms with Crippen molar-refractivity contribution in [2.75, 3.05) is 26.2 Å². The molecule has 0 unspecified atom stereocenters. The van der Waals surface area contributed by atoms with Gasteiger partial charge in [-0.3, -0.25) is 9.59 Å². The van der Waals surface area contributed by atoms with E-state index < -0.39 is 10.0 Å². The van der Waals surface area contributed by atoms with Crippen LogP contribution in [0.25, 0.3) is 5.69 Å². The number of aromatic nitrogens is 2. The second-order valence-electron chi connectivity index (χ2n) is 7.66. The molecule has 1 aliphatic rings. The van der Waals surface area contributed by atoms with E-state index in [0.29, 0.717) is 18.7 Å². The monoisotopic (exact) mass is 452 g/mol. The Labute approximate surface area is 187 Å². The lowest BCUT2D eigenvalue weighted by molar-refractivity contribution is -0.131. The van der Waals surface area contributed by atoms with Crippen LogP contribution < -0.4 is 0 Å². The van der Waals surface area contributed by atoms with Gasteiger partial charge in [-0.2, -0.15) is 9.40 Å². The van der Waals surface area contributed by atoms with Crippen LogP contribution in [0.1, 0.15) is 22.8 Å². The van der Waals surface area contributed by atoms with E-state index in [2.05, 4.69) is 5.10 Å². The Morgan fingerprint density at radius 3 is 2.16 bits per heavy atom. The third-order valence-corrected chi connectivity index (χ3v) is 7.46. The first kappa shape index (κ1) is 21.9. The molecule has 1 saturated heterocycles. The molecule has 0 atom stereocenters. The van der Waals surface area contributed by atoms with Crippen LogP contribution in [0.2, 0.25) is 0 Å². The van der Waals surface area contributed by atoms with Crippen molar-refractivity contribution in [3.63, 3.8) is 0 Å². The third kappa shape index (κ3) is 4.63. The Morgan fingerprint density at radius 1 is 0.938 bits per heavy atom. The van der Waals surface area contributed by atoms with Crippen LogP contribution in [0.5, 0.6) is 0 Å². The molecule has 2 heterocycles. The molecular weight excluding hydrogens is 428 g/mol. The maximum atomic E-state index is 12.9. The Kier molecular flexibility index (Phi) is 6.20. The lowest BCUT2D eigenvalue weighted by atomic mass is 10.1. The van der Waals surface area contributed by atoms with Gasteiger partial charge in [-0.15, -0.1) is 0 Å². The van der Waals surface area contributed by atoms with Gasteiger partial charge in [0.05, 0.1) is 17.0 Å². The first-order valence-corrected chi connectivity index (χ1v) is 11.8. The fraction of sp³-hybridized carbons (Fsp3) is 0.261. The van der Waals surface area contributed by atoms with Gasteiger partial charge in [0, 0.05) is 44.1 Å². The Bertz CT molecular complexity index is 1200. The molecule has 1 fully saturated rings. The number of benzene rings is 2. The molecule has 0 saturated carbocycles. The van der Waals surface area contributed by atoms with Gasteiger partial charge >= 0.3 is 0 Å². The van der Waals surface area contributed by atoms with Gasteiger partial charge in [-0.05, 0) is 42.8 Å². The van der Waals surface area contributed by atoms with Crippen LogP contribution in [0.15, 0.2) is 71.9 Å². The molecule has 4 rings (SSSR count). The topological polar surface area (TPSA) is 92.6 Å². The van der Waals surface area contributed by atoms with Gasteiger partial charge in [0.2, 0.25) is 15.9 Å². The highest BCUT2D eigenvalue weighted by atomic mass is 32.2. The predicted molar refractivity (Wildman–Crippen MR) is 119 cm³/mol. The van der Waals surface area contributed by atoms with Gasteiger partial charge in [0.1, 0.15) is 0 Å². The second kappa shape index (κ2) is 9.05. The van der Waals surface area contributed by atoms with Crippen molar-refractivity contribution in [3.05, 3.63) is 78.1 Å². The molecule has 0 aliphatic carbocycles. The van der Waals surface area contributed by atoms with Gasteiger partial charge < -0.3 is 4.90 Å². The number of piperazine rings is 1. The predicted octanol–water partition coefficient (Wildman–Crippen LogP) is 2.15. The molecule has 0 radical (unpaired) electrons. The number of ketones is 1. The molecule has 2 aromatic carbocycles. The van der Waals surface area contributed by atoms with E-state index in [9.17, 15) is 18.0 Å². The van der Waals surface area contributed by atoms with E-state index in [1.54, 1.807) is 15.8 Å². The quantitative estimate of drug-likeness (QED) is 0.535. The Hall–Kier alpha value is -3.30. The molecular formula is C23H24N4O4S. The fourth-order valence-corrected chi connectivity index (χ4v) is 5.09. The molecule has 1 aromatic heterocycles. The zero-order chi connectivity index (χ0) is 22.7. The summed E-state index contributed by atoms with van der Waals surface area (Å²) < 4.78 is 28.9. The highest BCUT2D eigenvalue weighted by Gasteiger charge is 2.30. The van der Waals surface area contributed by atoms with E-state index in [-0.39, 0.29) is 36.1 Å². The zero-order valence-corrected chi connectivity index (χ0v) is 18.5.